The first kappa shape index (κ1) is 15.6. The van der Waals surface area contributed by atoms with Gasteiger partial charge >= 0.3 is 0 Å². The lowest BCUT2D eigenvalue weighted by Crippen LogP contribution is -2.37. The highest BCUT2D eigenvalue weighted by Gasteiger charge is 2.13. The Morgan fingerprint density at radius 3 is 2.76 bits per heavy atom. The van der Waals surface area contributed by atoms with Crippen molar-refractivity contribution in [2.24, 2.45) is 16.6 Å². The fraction of sp³-hybridized carbons (Fsp3) is 0.562. The van der Waals surface area contributed by atoms with Crippen molar-refractivity contribution in [3.05, 3.63) is 29.8 Å². The molecule has 0 unspecified atom stereocenters. The molecule has 0 atom stereocenters. The minimum absolute atomic E-state index is 0.514. The predicted molar refractivity (Wildman–Crippen MR) is 87.6 cm³/mol. The zero-order valence-electron chi connectivity index (χ0n) is 13.0. The summed E-state index contributed by atoms with van der Waals surface area (Å²) in [5.74, 6) is 1.07. The first-order chi connectivity index (χ1) is 10.2. The van der Waals surface area contributed by atoms with Gasteiger partial charge in [-0.1, -0.05) is 32.0 Å². The van der Waals surface area contributed by atoms with Crippen LogP contribution in [0.1, 0.15) is 19.4 Å². The molecule has 0 aliphatic carbocycles. The molecule has 0 aromatic heterocycles. The van der Waals surface area contributed by atoms with Crippen molar-refractivity contribution in [1.29, 1.82) is 0 Å². The predicted octanol–water partition coefficient (Wildman–Crippen LogP) is 1.58. The largest absolute Gasteiger partial charge is 0.378 e. The molecule has 116 valence electrons. The monoisotopic (exact) mass is 290 g/mol. The van der Waals surface area contributed by atoms with Crippen LogP contribution in [0.15, 0.2) is 29.3 Å². The Morgan fingerprint density at radius 1 is 1.33 bits per heavy atom. The second-order valence-corrected chi connectivity index (χ2v) is 5.70. The van der Waals surface area contributed by atoms with Crippen molar-refractivity contribution in [3.8, 4) is 0 Å². The van der Waals surface area contributed by atoms with E-state index in [1.807, 2.05) is 6.07 Å². The summed E-state index contributed by atoms with van der Waals surface area (Å²) in [4.78, 5) is 6.80. The fourth-order valence-corrected chi connectivity index (χ4v) is 2.29. The molecule has 3 N–H and O–H groups in total. The van der Waals surface area contributed by atoms with E-state index in [4.69, 9.17) is 10.5 Å². The Bertz CT molecular complexity index is 467. The molecule has 1 fully saturated rings. The quantitative estimate of drug-likeness (QED) is 0.638. The van der Waals surface area contributed by atoms with Crippen LogP contribution < -0.4 is 16.0 Å². The summed E-state index contributed by atoms with van der Waals surface area (Å²) in [6.07, 6.45) is 0. The third-order valence-electron chi connectivity index (χ3n) is 3.45. The van der Waals surface area contributed by atoms with Gasteiger partial charge in [-0.25, -0.2) is 4.99 Å². The second kappa shape index (κ2) is 7.88. The average molecular weight is 290 g/mol. The van der Waals surface area contributed by atoms with Gasteiger partial charge in [-0.2, -0.15) is 0 Å². The Morgan fingerprint density at radius 2 is 2.05 bits per heavy atom. The molecule has 0 bridgehead atoms. The second-order valence-electron chi connectivity index (χ2n) is 5.70. The average Bonchev–Trinajstić information content (AvgIpc) is 2.52. The summed E-state index contributed by atoms with van der Waals surface area (Å²) in [6, 6.07) is 8.38. The number of anilines is 1. The number of benzene rings is 1. The molecule has 1 aromatic carbocycles. The Kier molecular flexibility index (Phi) is 5.87. The van der Waals surface area contributed by atoms with Gasteiger partial charge in [0, 0.05) is 25.3 Å². The maximum absolute atomic E-state index is 5.90. The molecule has 5 heteroatoms. The Hall–Kier alpha value is -1.75. The normalized spacial score (nSPS) is 16.3. The summed E-state index contributed by atoms with van der Waals surface area (Å²) in [7, 11) is 0. The molecular formula is C16H26N4O. The van der Waals surface area contributed by atoms with Gasteiger partial charge in [-0.15, -0.1) is 0 Å². The van der Waals surface area contributed by atoms with E-state index < -0.39 is 0 Å². The van der Waals surface area contributed by atoms with Crippen LogP contribution in [-0.4, -0.2) is 38.8 Å². The highest BCUT2D eigenvalue weighted by molar-refractivity contribution is 5.77. The van der Waals surface area contributed by atoms with Crippen molar-refractivity contribution in [3.63, 3.8) is 0 Å². The number of hydrogen-bond acceptors (Lipinski definition) is 3. The lowest BCUT2D eigenvalue weighted by molar-refractivity contribution is 0.122. The Balaban J connectivity index is 2.00. The van der Waals surface area contributed by atoms with E-state index >= 15 is 0 Å². The molecule has 2 rings (SSSR count). The van der Waals surface area contributed by atoms with Gasteiger partial charge in [0.2, 0.25) is 0 Å². The van der Waals surface area contributed by atoms with Gasteiger partial charge < -0.3 is 20.7 Å². The molecule has 0 spiro atoms. The zero-order chi connectivity index (χ0) is 15.1. The van der Waals surface area contributed by atoms with E-state index in [2.05, 4.69) is 47.3 Å². The van der Waals surface area contributed by atoms with Gasteiger partial charge in [0.05, 0.1) is 19.8 Å². The first-order valence-corrected chi connectivity index (χ1v) is 7.61. The molecule has 21 heavy (non-hydrogen) atoms. The van der Waals surface area contributed by atoms with Crippen molar-refractivity contribution in [2.45, 2.75) is 20.4 Å². The maximum Gasteiger partial charge on any atom is 0.188 e. The highest BCUT2D eigenvalue weighted by Crippen LogP contribution is 2.22. The molecule has 1 aromatic rings. The van der Waals surface area contributed by atoms with Crippen LogP contribution in [0.4, 0.5) is 5.69 Å². The van der Waals surface area contributed by atoms with Crippen LogP contribution in [0.25, 0.3) is 0 Å². The van der Waals surface area contributed by atoms with Crippen LogP contribution >= 0.6 is 0 Å². The van der Waals surface area contributed by atoms with Crippen LogP contribution in [0.3, 0.4) is 0 Å². The molecule has 1 heterocycles. The number of guanidine groups is 1. The van der Waals surface area contributed by atoms with Crippen LogP contribution in [0, 0.1) is 5.92 Å². The minimum atomic E-state index is 0.514. The summed E-state index contributed by atoms with van der Waals surface area (Å²) < 4.78 is 5.41. The smallest absolute Gasteiger partial charge is 0.188 e. The van der Waals surface area contributed by atoms with E-state index in [-0.39, 0.29) is 0 Å². The number of hydrogen-bond donors (Lipinski definition) is 2. The number of nitrogens with zero attached hydrogens (tertiary/aromatic N) is 2. The summed E-state index contributed by atoms with van der Waals surface area (Å²) in [5, 5.41) is 3.15. The van der Waals surface area contributed by atoms with E-state index in [0.717, 1.165) is 32.8 Å². The van der Waals surface area contributed by atoms with Crippen molar-refractivity contribution < 1.29 is 4.74 Å². The molecule has 5 nitrogen and oxygen atoms in total. The Labute approximate surface area is 127 Å². The van der Waals surface area contributed by atoms with Crippen LogP contribution in [0.2, 0.25) is 0 Å². The first-order valence-electron chi connectivity index (χ1n) is 7.61. The summed E-state index contributed by atoms with van der Waals surface area (Å²) in [5.41, 5.74) is 8.34. The SMILES string of the molecule is CC(C)CNC(N)=NCc1ccccc1N1CCOCC1. The zero-order valence-corrected chi connectivity index (χ0v) is 13.0. The van der Waals surface area contributed by atoms with Crippen LogP contribution in [-0.2, 0) is 11.3 Å². The number of nitrogens with two attached hydrogens (primary N) is 1. The highest BCUT2D eigenvalue weighted by atomic mass is 16.5. The standard InChI is InChI=1S/C16H26N4O/c1-13(2)11-18-16(17)19-12-14-5-3-4-6-15(14)20-7-9-21-10-8-20/h3-6,13H,7-12H2,1-2H3,(H3,17,18,19). The third-order valence-corrected chi connectivity index (χ3v) is 3.45. The number of ether oxygens (including phenoxy) is 1. The number of rotatable bonds is 5. The lowest BCUT2D eigenvalue weighted by atomic mass is 10.1. The van der Waals surface area contributed by atoms with Gasteiger partial charge in [-0.3, -0.25) is 0 Å². The van der Waals surface area contributed by atoms with E-state index in [1.165, 1.54) is 11.3 Å². The summed E-state index contributed by atoms with van der Waals surface area (Å²) >= 11 is 0. The van der Waals surface area contributed by atoms with Crippen molar-refractivity contribution >= 4 is 11.6 Å². The molecule has 1 aliphatic rings. The minimum Gasteiger partial charge on any atom is -0.378 e. The van der Waals surface area contributed by atoms with Gasteiger partial charge in [-0.05, 0) is 17.5 Å². The molecule has 1 aliphatic heterocycles. The molecule has 0 amide bonds. The number of morpholine rings is 1. The number of nitrogens with one attached hydrogen (secondary N) is 1. The molecule has 0 radical (unpaired) electrons. The number of para-hydroxylation sites is 1. The third kappa shape index (κ3) is 4.93. The van der Waals surface area contributed by atoms with Crippen LogP contribution in [0.5, 0.6) is 0 Å². The van der Waals surface area contributed by atoms with E-state index in [1.54, 1.807) is 0 Å². The molecular weight excluding hydrogens is 264 g/mol. The van der Waals surface area contributed by atoms with Gasteiger partial charge in [0.25, 0.3) is 0 Å². The fourth-order valence-electron chi connectivity index (χ4n) is 2.29. The van der Waals surface area contributed by atoms with E-state index in [0.29, 0.717) is 18.4 Å². The van der Waals surface area contributed by atoms with Crippen molar-refractivity contribution in [1.82, 2.24) is 5.32 Å². The molecule has 0 saturated carbocycles. The van der Waals surface area contributed by atoms with Crippen molar-refractivity contribution in [2.75, 3.05) is 37.7 Å². The van der Waals surface area contributed by atoms with Gasteiger partial charge in [0.1, 0.15) is 0 Å². The topological polar surface area (TPSA) is 62.9 Å². The maximum atomic E-state index is 5.90. The van der Waals surface area contributed by atoms with E-state index in [9.17, 15) is 0 Å². The van der Waals surface area contributed by atoms with Gasteiger partial charge in [0.15, 0.2) is 5.96 Å². The number of aliphatic imine (C=N–C) groups is 1. The lowest BCUT2D eigenvalue weighted by Gasteiger charge is -2.30. The summed E-state index contributed by atoms with van der Waals surface area (Å²) in [6.45, 7) is 9.18. The molecule has 1 saturated heterocycles.